The molecule has 1 aromatic heterocycles. The number of benzene rings is 2. The number of imidazole rings is 1. The van der Waals surface area contributed by atoms with Gasteiger partial charge in [0, 0.05) is 31.0 Å². The minimum absolute atomic E-state index is 0.310. The first-order valence-corrected chi connectivity index (χ1v) is 12.1. The van der Waals surface area contributed by atoms with Gasteiger partial charge < -0.3 is 9.88 Å². The van der Waals surface area contributed by atoms with Crippen LogP contribution in [0.5, 0.6) is 0 Å². The molecule has 1 atom stereocenters. The second kappa shape index (κ2) is 9.38. The van der Waals surface area contributed by atoms with Crippen LogP contribution in [0, 0.1) is 12.7 Å². The van der Waals surface area contributed by atoms with Gasteiger partial charge in [0.25, 0.3) is 0 Å². The van der Waals surface area contributed by atoms with Crippen LogP contribution >= 0.6 is 0 Å². The van der Waals surface area contributed by atoms with E-state index in [0.717, 1.165) is 11.3 Å². The Balaban J connectivity index is 1.76. The van der Waals surface area contributed by atoms with E-state index in [1.807, 2.05) is 4.90 Å². The van der Waals surface area contributed by atoms with Crippen molar-refractivity contribution < 1.29 is 26.0 Å². The van der Waals surface area contributed by atoms with Crippen molar-refractivity contribution >= 4 is 15.7 Å². The average Bonchev–Trinajstić information content (AvgIpc) is 3.23. The first kappa shape index (κ1) is 24.2. The summed E-state index contributed by atoms with van der Waals surface area (Å²) in [6.45, 7) is 1.34. The Hall–Kier alpha value is -2.92. The summed E-state index contributed by atoms with van der Waals surface area (Å²) in [5.74, 6) is -0.383. The van der Waals surface area contributed by atoms with Gasteiger partial charge in [-0.3, -0.25) is 0 Å². The van der Waals surface area contributed by atoms with Crippen LogP contribution in [0.3, 0.4) is 0 Å². The van der Waals surface area contributed by atoms with Gasteiger partial charge in [-0.1, -0.05) is 24.3 Å². The molecule has 2 aromatic carbocycles. The molecule has 0 fully saturated rings. The number of aryl methyl sites for hydroxylation is 2. The zero-order valence-electron chi connectivity index (χ0n) is 18.4. The highest BCUT2D eigenvalue weighted by Gasteiger charge is 2.51. The van der Waals surface area contributed by atoms with E-state index in [1.54, 1.807) is 43.5 Å². The van der Waals surface area contributed by atoms with Crippen LogP contribution < -0.4 is 4.90 Å². The Labute approximate surface area is 195 Å². The number of sulfonamides is 1. The molecule has 34 heavy (non-hydrogen) atoms. The molecule has 0 unspecified atom stereocenters. The van der Waals surface area contributed by atoms with Gasteiger partial charge in [0.2, 0.25) is 0 Å². The highest BCUT2D eigenvalue weighted by Crippen LogP contribution is 2.37. The summed E-state index contributed by atoms with van der Waals surface area (Å²) in [5, 5.41) is 0. The smallest absolute Gasteiger partial charge is 0.361 e. The average molecular weight is 497 g/mol. The fourth-order valence-corrected chi connectivity index (χ4v) is 5.22. The number of alkyl halides is 3. The number of aromatic amines is 1. The lowest BCUT2D eigenvalue weighted by Gasteiger charge is -2.34. The number of H-pyrrole nitrogens is 1. The van der Waals surface area contributed by atoms with Crippen molar-refractivity contribution in [3.05, 3.63) is 83.2 Å². The van der Waals surface area contributed by atoms with E-state index < -0.39 is 21.6 Å². The highest BCUT2D eigenvalue weighted by molar-refractivity contribution is 7.89. The van der Waals surface area contributed by atoms with Crippen molar-refractivity contribution in [2.24, 2.45) is 0 Å². The molecular formula is C23H24F4N4O2S. The quantitative estimate of drug-likeness (QED) is 0.509. The van der Waals surface area contributed by atoms with Crippen LogP contribution in [-0.2, 0) is 29.5 Å². The Kier molecular flexibility index (Phi) is 6.68. The molecule has 3 aromatic rings. The third kappa shape index (κ3) is 4.95. The SMILES string of the molecule is Cc1cccc2c1CN(S(=O)(=O)C(F)(F)F)C[C@@H](CCc1ccc(F)cc1)N2Cc1cnc[nH]1. The van der Waals surface area contributed by atoms with E-state index >= 15 is 0 Å². The second-order valence-electron chi connectivity index (χ2n) is 8.34. The van der Waals surface area contributed by atoms with Crippen molar-refractivity contribution in [3.63, 3.8) is 0 Å². The van der Waals surface area contributed by atoms with Crippen LogP contribution in [0.15, 0.2) is 55.0 Å². The molecule has 0 saturated carbocycles. The monoisotopic (exact) mass is 496 g/mol. The Morgan fingerprint density at radius 1 is 1.15 bits per heavy atom. The molecule has 1 aliphatic rings. The van der Waals surface area contributed by atoms with Gasteiger partial charge in [0.05, 0.1) is 18.6 Å². The summed E-state index contributed by atoms with van der Waals surface area (Å²) in [6.07, 6.45) is 3.93. The Morgan fingerprint density at radius 3 is 2.53 bits per heavy atom. The van der Waals surface area contributed by atoms with E-state index in [0.29, 0.717) is 40.5 Å². The summed E-state index contributed by atoms with van der Waals surface area (Å²) in [6, 6.07) is 10.7. The van der Waals surface area contributed by atoms with Crippen molar-refractivity contribution in [1.82, 2.24) is 14.3 Å². The first-order valence-electron chi connectivity index (χ1n) is 10.7. The minimum Gasteiger partial charge on any atom is -0.361 e. The van der Waals surface area contributed by atoms with E-state index in [-0.39, 0.29) is 18.9 Å². The molecule has 0 bridgehead atoms. The number of anilines is 1. The van der Waals surface area contributed by atoms with Crippen LogP contribution in [0.1, 0.15) is 28.8 Å². The predicted molar refractivity (Wildman–Crippen MR) is 120 cm³/mol. The van der Waals surface area contributed by atoms with E-state index in [4.69, 9.17) is 0 Å². The van der Waals surface area contributed by atoms with Gasteiger partial charge in [-0.15, -0.1) is 0 Å². The standard InChI is InChI=1S/C23H24F4N4O2S/c1-16-3-2-4-22-21(16)14-30(34(32,33)23(25,26)27)13-20(31(22)12-19-11-28-15-29-19)10-7-17-5-8-18(24)9-6-17/h2-6,8-9,11,15,20H,7,10,12-14H2,1H3,(H,28,29)/t20-/m1/s1. The zero-order chi connectivity index (χ0) is 24.5. The lowest BCUT2D eigenvalue weighted by atomic mass is 10.0. The van der Waals surface area contributed by atoms with Crippen LogP contribution in [0.25, 0.3) is 0 Å². The maximum Gasteiger partial charge on any atom is 0.511 e. The van der Waals surface area contributed by atoms with Crippen molar-refractivity contribution in [2.45, 2.75) is 44.4 Å². The number of nitrogens with zero attached hydrogens (tertiary/aromatic N) is 3. The number of hydrogen-bond acceptors (Lipinski definition) is 4. The molecule has 2 heterocycles. The summed E-state index contributed by atoms with van der Waals surface area (Å²) in [5.41, 5.74) is -1.95. The molecule has 0 aliphatic carbocycles. The van der Waals surface area contributed by atoms with Gasteiger partial charge >= 0.3 is 15.5 Å². The molecule has 0 amide bonds. The maximum atomic E-state index is 13.6. The Morgan fingerprint density at radius 2 is 1.88 bits per heavy atom. The predicted octanol–water partition coefficient (Wildman–Crippen LogP) is 4.53. The van der Waals surface area contributed by atoms with Gasteiger partial charge in [-0.25, -0.2) is 17.8 Å². The summed E-state index contributed by atoms with van der Waals surface area (Å²) < 4.78 is 79.5. The van der Waals surface area contributed by atoms with Gasteiger partial charge in [-0.2, -0.15) is 17.5 Å². The number of aromatic nitrogens is 2. The lowest BCUT2D eigenvalue weighted by Crippen LogP contribution is -2.47. The summed E-state index contributed by atoms with van der Waals surface area (Å²) >= 11 is 0. The zero-order valence-corrected chi connectivity index (χ0v) is 19.2. The van der Waals surface area contributed by atoms with Gasteiger partial charge in [0.15, 0.2) is 0 Å². The molecule has 6 nitrogen and oxygen atoms in total. The fraction of sp³-hybridized carbons (Fsp3) is 0.348. The number of hydrogen-bond donors (Lipinski definition) is 1. The van der Waals surface area contributed by atoms with Crippen molar-refractivity contribution in [1.29, 1.82) is 0 Å². The van der Waals surface area contributed by atoms with Gasteiger partial charge in [0.1, 0.15) is 5.82 Å². The molecule has 182 valence electrons. The normalized spacial score (nSPS) is 17.4. The molecule has 1 N–H and O–H groups in total. The molecule has 11 heteroatoms. The molecule has 4 rings (SSSR count). The van der Waals surface area contributed by atoms with E-state index in [2.05, 4.69) is 9.97 Å². The summed E-state index contributed by atoms with van der Waals surface area (Å²) in [4.78, 5) is 8.97. The topological polar surface area (TPSA) is 69.3 Å². The number of halogens is 4. The van der Waals surface area contributed by atoms with E-state index in [1.165, 1.54) is 18.5 Å². The number of fused-ring (bicyclic) bond motifs is 1. The van der Waals surface area contributed by atoms with E-state index in [9.17, 15) is 26.0 Å². The second-order valence-corrected chi connectivity index (χ2v) is 10.3. The lowest BCUT2D eigenvalue weighted by molar-refractivity contribution is -0.0492. The first-order chi connectivity index (χ1) is 16.1. The minimum atomic E-state index is -5.55. The van der Waals surface area contributed by atoms with Crippen LogP contribution in [-0.4, -0.2) is 40.8 Å². The third-order valence-corrected chi connectivity index (χ3v) is 7.64. The maximum absolute atomic E-state index is 13.6. The molecule has 0 saturated heterocycles. The largest absolute Gasteiger partial charge is 0.511 e. The molecule has 0 radical (unpaired) electrons. The Bertz CT molecular complexity index is 1230. The molecular weight excluding hydrogens is 472 g/mol. The highest BCUT2D eigenvalue weighted by atomic mass is 32.2. The molecule has 0 spiro atoms. The van der Waals surface area contributed by atoms with Gasteiger partial charge in [-0.05, 0) is 54.7 Å². The summed E-state index contributed by atoms with van der Waals surface area (Å²) in [7, 11) is -5.55. The number of rotatable bonds is 6. The molecule has 1 aliphatic heterocycles. The third-order valence-electron chi connectivity index (χ3n) is 6.09. The van der Waals surface area contributed by atoms with Crippen LogP contribution in [0.4, 0.5) is 23.2 Å². The van der Waals surface area contributed by atoms with Crippen molar-refractivity contribution in [2.75, 3.05) is 11.4 Å². The fourth-order valence-electron chi connectivity index (χ4n) is 4.26. The van der Waals surface area contributed by atoms with Crippen LogP contribution in [0.2, 0.25) is 0 Å². The van der Waals surface area contributed by atoms with Crippen molar-refractivity contribution in [3.8, 4) is 0 Å². The number of nitrogens with one attached hydrogen (secondary N) is 1.